The fourth-order valence-electron chi connectivity index (χ4n) is 2.82. The number of rotatable bonds is 6. The number of benzene rings is 1. The summed E-state index contributed by atoms with van der Waals surface area (Å²) in [6.45, 7) is 0.812. The van der Waals surface area contributed by atoms with Gasteiger partial charge in [0.2, 0.25) is 5.91 Å². The van der Waals surface area contributed by atoms with Gasteiger partial charge in [0.15, 0.2) is 9.50 Å². The average molecular weight is 424 g/mol. The number of nitro groups is 1. The fourth-order valence-corrected chi connectivity index (χ4v) is 3.81. The number of hydrogen-bond donors (Lipinski definition) is 1. The molecular weight excluding hydrogens is 406 g/mol. The molecule has 28 heavy (non-hydrogen) atoms. The summed E-state index contributed by atoms with van der Waals surface area (Å²) in [5.41, 5.74) is 3.74. The van der Waals surface area contributed by atoms with Crippen molar-refractivity contribution in [2.75, 3.05) is 20.4 Å². The van der Waals surface area contributed by atoms with E-state index in [-0.39, 0.29) is 31.6 Å². The maximum Gasteiger partial charge on any atom is 0.276 e. The van der Waals surface area contributed by atoms with E-state index in [1.54, 1.807) is 28.1 Å². The number of hydrazine groups is 1. The number of hydrazone groups is 1. The molecule has 1 N–H and O–H groups in total. The van der Waals surface area contributed by atoms with Crippen molar-refractivity contribution >= 4 is 34.8 Å². The van der Waals surface area contributed by atoms with Gasteiger partial charge in [-0.25, -0.2) is 15.1 Å². The third-order valence-corrected chi connectivity index (χ3v) is 4.98. The Kier molecular flexibility index (Phi) is 6.39. The fraction of sp³-hybridized carbons (Fsp3) is 0.312. The van der Waals surface area contributed by atoms with Gasteiger partial charge in [0.1, 0.15) is 5.10 Å². The van der Waals surface area contributed by atoms with Crippen molar-refractivity contribution in [2.45, 2.75) is 13.0 Å². The Balaban J connectivity index is 1.70. The van der Waals surface area contributed by atoms with Crippen molar-refractivity contribution in [3.8, 4) is 0 Å². The van der Waals surface area contributed by atoms with E-state index < -0.39 is 5.03 Å². The summed E-state index contributed by atoms with van der Waals surface area (Å²) in [6, 6.07) is 9.40. The van der Waals surface area contributed by atoms with Gasteiger partial charge < -0.3 is 9.80 Å². The zero-order valence-electron chi connectivity index (χ0n) is 15.0. The lowest BCUT2D eigenvalue weighted by Gasteiger charge is -2.41. The number of amides is 1. The number of aromatic nitrogens is 1. The predicted octanol–water partition coefficient (Wildman–Crippen LogP) is 1.58. The normalized spacial score (nSPS) is 16.4. The molecule has 1 fully saturated rings. The Morgan fingerprint density at radius 2 is 2.14 bits per heavy atom. The molecule has 0 bridgehead atoms. The van der Waals surface area contributed by atoms with Crippen molar-refractivity contribution in [2.24, 2.45) is 5.10 Å². The van der Waals surface area contributed by atoms with E-state index in [0.29, 0.717) is 11.0 Å². The molecule has 10 nitrogen and oxygen atoms in total. The molecule has 0 aliphatic carbocycles. The molecule has 1 aliphatic rings. The molecule has 0 saturated carbocycles. The highest BCUT2D eigenvalue weighted by Crippen LogP contribution is 2.21. The largest absolute Gasteiger partial charge is 0.326 e. The van der Waals surface area contributed by atoms with Gasteiger partial charge in [-0.1, -0.05) is 41.9 Å². The van der Waals surface area contributed by atoms with Crippen LogP contribution in [0.15, 0.2) is 41.6 Å². The van der Waals surface area contributed by atoms with Crippen LogP contribution in [0.1, 0.15) is 10.4 Å². The number of nitrogens with zero attached hydrogens (tertiary/aromatic N) is 6. The van der Waals surface area contributed by atoms with Gasteiger partial charge in [-0.05, 0) is 5.56 Å². The van der Waals surface area contributed by atoms with Crippen molar-refractivity contribution < 1.29 is 9.83 Å². The first-order chi connectivity index (χ1) is 13.4. The van der Waals surface area contributed by atoms with E-state index in [0.717, 1.165) is 10.4 Å². The molecule has 0 atom stereocenters. The number of hydrogen-bond acceptors (Lipinski definition) is 6. The van der Waals surface area contributed by atoms with Crippen LogP contribution in [0.5, 0.6) is 0 Å². The SMILES string of the molecule is CN1CN(NC(=O)Cc2ccccc2)CN(Cc2cnc(Cl)s2)/C1=N/[N+](=O)[O-]. The molecule has 1 amide bonds. The van der Waals surface area contributed by atoms with Crippen LogP contribution < -0.4 is 5.43 Å². The Labute approximate surface area is 170 Å². The van der Waals surface area contributed by atoms with Crippen LogP contribution in [-0.2, 0) is 17.8 Å². The molecule has 1 aromatic carbocycles. The van der Waals surface area contributed by atoms with Gasteiger partial charge in [0.05, 0.1) is 26.3 Å². The van der Waals surface area contributed by atoms with Gasteiger partial charge in [-0.3, -0.25) is 10.2 Å². The quantitative estimate of drug-likeness (QED) is 0.555. The topological polar surface area (TPSA) is 107 Å². The number of carbonyl (C=O) groups is 1. The molecule has 148 valence electrons. The second kappa shape index (κ2) is 8.95. The maximum absolute atomic E-state index is 12.4. The molecule has 1 aliphatic heterocycles. The highest BCUT2D eigenvalue weighted by molar-refractivity contribution is 7.15. The lowest BCUT2D eigenvalue weighted by atomic mass is 10.1. The van der Waals surface area contributed by atoms with Crippen LogP contribution in [0.4, 0.5) is 0 Å². The Hall–Kier alpha value is -2.76. The monoisotopic (exact) mass is 423 g/mol. The molecule has 0 spiro atoms. The van der Waals surface area contributed by atoms with Crippen LogP contribution in [0.2, 0.25) is 4.47 Å². The van der Waals surface area contributed by atoms with Gasteiger partial charge in [-0.2, -0.15) is 5.01 Å². The van der Waals surface area contributed by atoms with E-state index in [9.17, 15) is 14.9 Å². The number of halogens is 1. The molecule has 12 heteroatoms. The Bertz CT molecular complexity index is 876. The van der Waals surface area contributed by atoms with Crippen molar-refractivity contribution in [1.29, 1.82) is 0 Å². The Morgan fingerprint density at radius 3 is 2.79 bits per heavy atom. The Morgan fingerprint density at radius 1 is 1.39 bits per heavy atom. The van der Waals surface area contributed by atoms with Crippen molar-refractivity contribution in [3.05, 3.63) is 61.6 Å². The molecule has 2 aromatic rings. The number of nitrogens with one attached hydrogen (secondary N) is 1. The van der Waals surface area contributed by atoms with Gasteiger partial charge in [0.25, 0.3) is 5.96 Å². The lowest BCUT2D eigenvalue weighted by Crippen LogP contribution is -2.61. The zero-order chi connectivity index (χ0) is 20.1. The minimum absolute atomic E-state index is 0.171. The molecule has 2 heterocycles. The molecule has 1 saturated heterocycles. The number of guanidine groups is 1. The van der Waals surface area contributed by atoms with Crippen LogP contribution in [-0.4, -0.2) is 57.1 Å². The molecule has 0 radical (unpaired) electrons. The predicted molar refractivity (Wildman–Crippen MR) is 105 cm³/mol. The standard InChI is InChI=1S/C16H18ClN7O3S/c1-21-10-23(19-14(25)7-12-5-3-2-4-6-12)11-22(16(21)20-24(26)27)9-13-8-18-15(17)28-13/h2-6,8H,7,9-11H2,1H3,(H,19,25)/b20-16+. The highest BCUT2D eigenvalue weighted by Gasteiger charge is 2.30. The summed E-state index contributed by atoms with van der Waals surface area (Å²) in [4.78, 5) is 31.4. The van der Waals surface area contributed by atoms with Gasteiger partial charge in [0, 0.05) is 18.1 Å². The van der Waals surface area contributed by atoms with Crippen molar-refractivity contribution in [1.82, 2.24) is 25.2 Å². The number of thiazole rings is 1. The maximum atomic E-state index is 12.4. The molecule has 0 unspecified atom stereocenters. The summed E-state index contributed by atoms with van der Waals surface area (Å²) in [5.74, 6) is 0.0260. The lowest BCUT2D eigenvalue weighted by molar-refractivity contribution is -0.486. The molecular formula is C16H18ClN7O3S. The summed E-state index contributed by atoms with van der Waals surface area (Å²) in [6.07, 6.45) is 1.85. The van der Waals surface area contributed by atoms with E-state index >= 15 is 0 Å². The zero-order valence-corrected chi connectivity index (χ0v) is 16.6. The van der Waals surface area contributed by atoms with Crippen molar-refractivity contribution in [3.63, 3.8) is 0 Å². The first-order valence-electron chi connectivity index (χ1n) is 8.28. The van der Waals surface area contributed by atoms with Gasteiger partial charge in [-0.15, -0.1) is 11.3 Å². The van der Waals surface area contributed by atoms with E-state index in [1.807, 2.05) is 30.3 Å². The van der Waals surface area contributed by atoms with E-state index in [4.69, 9.17) is 11.6 Å². The minimum Gasteiger partial charge on any atom is -0.326 e. The number of carbonyl (C=O) groups excluding carboxylic acids is 1. The van der Waals surface area contributed by atoms with Crippen LogP contribution in [0.3, 0.4) is 0 Å². The minimum atomic E-state index is -0.734. The molecule has 1 aromatic heterocycles. The highest BCUT2D eigenvalue weighted by atomic mass is 35.5. The first kappa shape index (κ1) is 20.0. The smallest absolute Gasteiger partial charge is 0.276 e. The van der Waals surface area contributed by atoms with E-state index in [1.165, 1.54) is 11.3 Å². The first-order valence-corrected chi connectivity index (χ1v) is 9.48. The summed E-state index contributed by atoms with van der Waals surface area (Å²) < 4.78 is 0.390. The second-order valence-electron chi connectivity index (χ2n) is 6.13. The summed E-state index contributed by atoms with van der Waals surface area (Å²) in [7, 11) is 1.67. The second-order valence-corrected chi connectivity index (χ2v) is 7.83. The molecule has 3 rings (SSSR count). The van der Waals surface area contributed by atoms with Crippen LogP contribution in [0.25, 0.3) is 0 Å². The van der Waals surface area contributed by atoms with Gasteiger partial charge >= 0.3 is 0 Å². The van der Waals surface area contributed by atoms with E-state index in [2.05, 4.69) is 15.5 Å². The van der Waals surface area contributed by atoms with Crippen LogP contribution >= 0.6 is 22.9 Å². The summed E-state index contributed by atoms with van der Waals surface area (Å²) in [5, 5.41) is 15.4. The van der Waals surface area contributed by atoms with Crippen LogP contribution in [0, 0.1) is 10.1 Å². The third-order valence-electron chi connectivity index (χ3n) is 3.88. The average Bonchev–Trinajstić information content (AvgIpc) is 3.03. The third kappa shape index (κ3) is 5.38. The summed E-state index contributed by atoms with van der Waals surface area (Å²) >= 11 is 7.16.